The first-order valence-corrected chi connectivity index (χ1v) is 9.16. The summed E-state index contributed by atoms with van der Waals surface area (Å²) in [5, 5.41) is 29.5. The van der Waals surface area contributed by atoms with Crippen molar-refractivity contribution in [3.63, 3.8) is 0 Å². The van der Waals surface area contributed by atoms with E-state index in [9.17, 15) is 29.7 Å². The van der Waals surface area contributed by atoms with Gasteiger partial charge in [0.1, 0.15) is 5.75 Å². The predicted molar refractivity (Wildman–Crippen MR) is 101 cm³/mol. The molecule has 2 aliphatic heterocycles. The zero-order valence-electron chi connectivity index (χ0n) is 15.1. The zero-order chi connectivity index (χ0) is 20.0. The molecule has 28 heavy (non-hydrogen) atoms. The second-order valence-corrected chi connectivity index (χ2v) is 7.15. The SMILES string of the molecule is O=C(O)c1ccc(C(=O)O)c(C(=O)c2cc3c4c(c2O)CCCN4CCC3)c1. The lowest BCUT2D eigenvalue weighted by Crippen LogP contribution is -2.34. The highest BCUT2D eigenvalue weighted by Crippen LogP contribution is 2.42. The normalized spacial score (nSPS) is 15.1. The summed E-state index contributed by atoms with van der Waals surface area (Å²) in [5.41, 5.74) is 2.00. The van der Waals surface area contributed by atoms with E-state index in [1.165, 1.54) is 0 Å². The van der Waals surface area contributed by atoms with Crippen LogP contribution in [0, 0.1) is 0 Å². The number of carbonyl (C=O) groups is 3. The number of phenolic OH excluding ortho intramolecular Hbond substituents is 1. The molecule has 2 heterocycles. The topological polar surface area (TPSA) is 115 Å². The first kappa shape index (κ1) is 18.0. The van der Waals surface area contributed by atoms with Gasteiger partial charge in [0.05, 0.1) is 16.7 Å². The van der Waals surface area contributed by atoms with Gasteiger partial charge in [-0.15, -0.1) is 0 Å². The minimum absolute atomic E-state index is 0.0301. The summed E-state index contributed by atoms with van der Waals surface area (Å²) in [5.74, 6) is -3.40. The molecule has 0 saturated carbocycles. The standard InChI is InChI=1S/C21H19NO6/c23-18-14-4-2-8-22-7-1-3-11(17(14)22)9-16(18)19(24)15-10-12(20(25)26)5-6-13(15)21(27)28/h5-6,9-10,23H,1-4,7-8H2,(H,25,26)(H,27,28). The quantitative estimate of drug-likeness (QED) is 0.698. The fraction of sp³-hybridized carbons (Fsp3) is 0.286. The molecule has 2 aliphatic rings. The molecule has 0 bridgehead atoms. The zero-order valence-corrected chi connectivity index (χ0v) is 15.1. The van der Waals surface area contributed by atoms with Gasteiger partial charge in [-0.25, -0.2) is 9.59 Å². The fourth-order valence-electron chi connectivity index (χ4n) is 4.21. The maximum Gasteiger partial charge on any atom is 0.336 e. The molecule has 4 rings (SSSR count). The molecule has 0 aromatic heterocycles. The van der Waals surface area contributed by atoms with Gasteiger partial charge in [0, 0.05) is 29.9 Å². The van der Waals surface area contributed by atoms with Crippen LogP contribution in [0.5, 0.6) is 5.75 Å². The number of aromatic hydroxyl groups is 1. The highest BCUT2D eigenvalue weighted by molar-refractivity contribution is 6.16. The van der Waals surface area contributed by atoms with E-state index in [1.807, 2.05) is 0 Å². The van der Waals surface area contributed by atoms with Crippen molar-refractivity contribution in [1.29, 1.82) is 0 Å². The number of hydrogen-bond acceptors (Lipinski definition) is 5. The number of aromatic carboxylic acids is 2. The van der Waals surface area contributed by atoms with E-state index in [4.69, 9.17) is 0 Å². The van der Waals surface area contributed by atoms with Crippen molar-refractivity contribution in [1.82, 2.24) is 0 Å². The van der Waals surface area contributed by atoms with Crippen molar-refractivity contribution in [2.75, 3.05) is 18.0 Å². The lowest BCUT2D eigenvalue weighted by atomic mass is 9.86. The summed E-state index contributed by atoms with van der Waals surface area (Å²) in [6.45, 7) is 1.83. The van der Waals surface area contributed by atoms with Gasteiger partial charge in [-0.05, 0) is 55.5 Å². The van der Waals surface area contributed by atoms with Crippen molar-refractivity contribution in [2.45, 2.75) is 25.7 Å². The number of ketones is 1. The van der Waals surface area contributed by atoms with Crippen molar-refractivity contribution in [3.8, 4) is 5.75 Å². The van der Waals surface area contributed by atoms with Crippen LogP contribution in [0.4, 0.5) is 5.69 Å². The van der Waals surface area contributed by atoms with E-state index in [2.05, 4.69) is 4.90 Å². The van der Waals surface area contributed by atoms with Crippen LogP contribution in [0.15, 0.2) is 24.3 Å². The minimum Gasteiger partial charge on any atom is -0.507 e. The maximum atomic E-state index is 13.2. The Labute approximate surface area is 160 Å². The van der Waals surface area contributed by atoms with Gasteiger partial charge in [-0.1, -0.05) is 0 Å². The maximum absolute atomic E-state index is 13.2. The third kappa shape index (κ3) is 2.79. The van der Waals surface area contributed by atoms with Gasteiger partial charge in [-0.3, -0.25) is 4.79 Å². The van der Waals surface area contributed by atoms with E-state index >= 15 is 0 Å². The Bertz CT molecular complexity index is 1020. The Morgan fingerprint density at radius 3 is 2.25 bits per heavy atom. The lowest BCUT2D eigenvalue weighted by molar-refractivity contribution is 0.0679. The van der Waals surface area contributed by atoms with Gasteiger partial charge < -0.3 is 20.2 Å². The first-order chi connectivity index (χ1) is 13.4. The molecule has 2 aromatic carbocycles. The third-order valence-electron chi connectivity index (χ3n) is 5.48. The van der Waals surface area contributed by atoms with E-state index in [1.54, 1.807) is 6.07 Å². The van der Waals surface area contributed by atoms with Crippen LogP contribution in [-0.4, -0.2) is 46.1 Å². The molecule has 0 unspecified atom stereocenters. The Kier molecular flexibility index (Phi) is 4.30. The fourth-order valence-corrected chi connectivity index (χ4v) is 4.21. The number of carboxylic acid groups (broad SMARTS) is 2. The van der Waals surface area contributed by atoms with E-state index in [0.717, 1.165) is 67.4 Å². The number of nitrogens with zero attached hydrogens (tertiary/aromatic N) is 1. The number of rotatable bonds is 4. The Hall–Kier alpha value is -3.35. The number of anilines is 1. The molecular weight excluding hydrogens is 362 g/mol. The van der Waals surface area contributed by atoms with Gasteiger partial charge >= 0.3 is 11.9 Å². The van der Waals surface area contributed by atoms with Crippen LogP contribution in [0.2, 0.25) is 0 Å². The van der Waals surface area contributed by atoms with Gasteiger partial charge in [0.25, 0.3) is 0 Å². The molecule has 0 fully saturated rings. The molecule has 2 aromatic rings. The van der Waals surface area contributed by atoms with Crippen LogP contribution in [0.25, 0.3) is 0 Å². The molecule has 7 nitrogen and oxygen atoms in total. The Morgan fingerprint density at radius 1 is 0.857 bits per heavy atom. The molecule has 0 spiro atoms. The summed E-state index contributed by atoms with van der Waals surface area (Å²) in [6, 6.07) is 4.95. The van der Waals surface area contributed by atoms with Crippen LogP contribution in [-0.2, 0) is 12.8 Å². The smallest absolute Gasteiger partial charge is 0.336 e. The average Bonchev–Trinajstić information content (AvgIpc) is 2.69. The van der Waals surface area contributed by atoms with Gasteiger partial charge in [0.2, 0.25) is 0 Å². The number of phenols is 1. The van der Waals surface area contributed by atoms with Crippen molar-refractivity contribution in [3.05, 3.63) is 57.6 Å². The lowest BCUT2D eigenvalue weighted by Gasteiger charge is -2.37. The van der Waals surface area contributed by atoms with Crippen LogP contribution >= 0.6 is 0 Å². The predicted octanol–water partition coefficient (Wildman–Crippen LogP) is 2.72. The average molecular weight is 381 g/mol. The summed E-state index contributed by atoms with van der Waals surface area (Å²) in [4.78, 5) is 38.3. The molecule has 0 saturated heterocycles. The van der Waals surface area contributed by atoms with Gasteiger partial charge in [-0.2, -0.15) is 0 Å². The highest BCUT2D eigenvalue weighted by atomic mass is 16.4. The van der Waals surface area contributed by atoms with E-state index < -0.39 is 17.7 Å². The van der Waals surface area contributed by atoms with Crippen LogP contribution in [0.3, 0.4) is 0 Å². The molecular formula is C21H19NO6. The number of aryl methyl sites for hydroxylation is 1. The van der Waals surface area contributed by atoms with Crippen LogP contribution < -0.4 is 4.90 Å². The van der Waals surface area contributed by atoms with E-state index in [0.29, 0.717) is 6.42 Å². The summed E-state index contributed by atoms with van der Waals surface area (Å²) >= 11 is 0. The third-order valence-corrected chi connectivity index (χ3v) is 5.48. The summed E-state index contributed by atoms with van der Waals surface area (Å²) in [6.07, 6.45) is 3.24. The second-order valence-electron chi connectivity index (χ2n) is 7.15. The van der Waals surface area contributed by atoms with Gasteiger partial charge in [0.15, 0.2) is 5.78 Å². The van der Waals surface area contributed by atoms with Crippen molar-refractivity contribution < 1.29 is 29.7 Å². The first-order valence-electron chi connectivity index (χ1n) is 9.16. The molecule has 0 aliphatic carbocycles. The van der Waals surface area contributed by atoms with Crippen molar-refractivity contribution in [2.24, 2.45) is 0 Å². The Morgan fingerprint density at radius 2 is 1.57 bits per heavy atom. The monoisotopic (exact) mass is 381 g/mol. The van der Waals surface area contributed by atoms with Crippen molar-refractivity contribution >= 4 is 23.4 Å². The molecule has 0 atom stereocenters. The van der Waals surface area contributed by atoms with E-state index in [-0.39, 0.29) is 28.0 Å². The molecule has 0 radical (unpaired) electrons. The second kappa shape index (κ2) is 6.67. The number of benzene rings is 2. The number of hydrogen-bond donors (Lipinski definition) is 3. The number of carboxylic acids is 2. The molecule has 0 amide bonds. The Balaban J connectivity index is 1.89. The molecule has 7 heteroatoms. The minimum atomic E-state index is -1.33. The number of carbonyl (C=O) groups excluding carboxylic acids is 1. The summed E-state index contributed by atoms with van der Waals surface area (Å²) in [7, 11) is 0. The van der Waals surface area contributed by atoms with Crippen LogP contribution in [0.1, 0.15) is 60.6 Å². The summed E-state index contributed by atoms with van der Waals surface area (Å²) < 4.78 is 0. The molecule has 3 N–H and O–H groups in total. The highest BCUT2D eigenvalue weighted by Gasteiger charge is 2.31. The largest absolute Gasteiger partial charge is 0.507 e. The molecule has 144 valence electrons.